The highest BCUT2D eigenvalue weighted by Crippen LogP contribution is 2.32. The standard InChI is InChI=1S/C28H31N3O4/c1-19-7-6-8-21(15-19)29-28(33)24-9-4-5-10-25(24)30-27(32)18-31(22-11-12-22)17-20-16-23(34-2)13-14-26(20)35-3/h4-10,13-16,22H,11-12,17-18H2,1-3H3,(H,29,33)(H,30,32). The molecule has 0 spiro atoms. The average molecular weight is 474 g/mol. The molecule has 0 atom stereocenters. The number of methoxy groups -OCH3 is 2. The molecule has 0 saturated heterocycles. The molecule has 0 aromatic heterocycles. The molecule has 182 valence electrons. The van der Waals surface area contributed by atoms with Gasteiger partial charge in [0.15, 0.2) is 0 Å². The van der Waals surface area contributed by atoms with E-state index in [0.29, 0.717) is 29.5 Å². The maximum absolute atomic E-state index is 13.1. The summed E-state index contributed by atoms with van der Waals surface area (Å²) in [6, 6.07) is 20.7. The molecule has 7 nitrogen and oxygen atoms in total. The minimum absolute atomic E-state index is 0.172. The molecule has 1 fully saturated rings. The van der Waals surface area contributed by atoms with E-state index in [-0.39, 0.29) is 18.4 Å². The van der Waals surface area contributed by atoms with Crippen LogP contribution >= 0.6 is 0 Å². The number of carbonyl (C=O) groups excluding carboxylic acids is 2. The summed E-state index contributed by atoms with van der Waals surface area (Å²) in [6.45, 7) is 2.74. The number of benzene rings is 3. The van der Waals surface area contributed by atoms with Crippen molar-refractivity contribution in [3.63, 3.8) is 0 Å². The Morgan fingerprint density at radius 1 is 0.943 bits per heavy atom. The molecule has 0 heterocycles. The van der Waals surface area contributed by atoms with Gasteiger partial charge in [0.05, 0.1) is 32.0 Å². The van der Waals surface area contributed by atoms with Gasteiger partial charge in [0, 0.05) is 23.8 Å². The Hall–Kier alpha value is -3.84. The molecule has 1 aliphatic rings. The van der Waals surface area contributed by atoms with E-state index in [1.807, 2.05) is 49.4 Å². The lowest BCUT2D eigenvalue weighted by atomic mass is 10.1. The fourth-order valence-electron chi connectivity index (χ4n) is 4.06. The number of para-hydroxylation sites is 1. The Balaban J connectivity index is 1.45. The predicted molar refractivity (Wildman–Crippen MR) is 137 cm³/mol. The summed E-state index contributed by atoms with van der Waals surface area (Å²) in [7, 11) is 3.27. The summed E-state index contributed by atoms with van der Waals surface area (Å²) in [6.07, 6.45) is 2.10. The summed E-state index contributed by atoms with van der Waals surface area (Å²) in [5.74, 6) is 1.06. The van der Waals surface area contributed by atoms with Crippen LogP contribution in [0.25, 0.3) is 0 Å². The highest BCUT2D eigenvalue weighted by atomic mass is 16.5. The molecule has 0 aliphatic heterocycles. The molecule has 0 bridgehead atoms. The number of hydrogen-bond donors (Lipinski definition) is 2. The molecule has 4 rings (SSSR count). The van der Waals surface area contributed by atoms with E-state index in [1.165, 1.54) is 0 Å². The fourth-order valence-corrected chi connectivity index (χ4v) is 4.06. The van der Waals surface area contributed by atoms with Gasteiger partial charge in [-0.25, -0.2) is 0 Å². The lowest BCUT2D eigenvalue weighted by Crippen LogP contribution is -2.35. The maximum Gasteiger partial charge on any atom is 0.257 e. The van der Waals surface area contributed by atoms with E-state index >= 15 is 0 Å². The zero-order valence-electron chi connectivity index (χ0n) is 20.3. The van der Waals surface area contributed by atoms with E-state index in [1.54, 1.807) is 38.5 Å². The Bertz CT molecular complexity index is 1210. The summed E-state index contributed by atoms with van der Waals surface area (Å²) in [4.78, 5) is 28.1. The number of anilines is 2. The van der Waals surface area contributed by atoms with Crippen molar-refractivity contribution in [1.29, 1.82) is 0 Å². The van der Waals surface area contributed by atoms with Crippen molar-refractivity contribution in [2.45, 2.75) is 32.4 Å². The zero-order valence-corrected chi connectivity index (χ0v) is 20.3. The van der Waals surface area contributed by atoms with Gasteiger partial charge in [0.1, 0.15) is 11.5 Å². The van der Waals surface area contributed by atoms with Crippen LogP contribution in [0.4, 0.5) is 11.4 Å². The van der Waals surface area contributed by atoms with Gasteiger partial charge < -0.3 is 20.1 Å². The number of rotatable bonds is 10. The second kappa shape index (κ2) is 11.1. The van der Waals surface area contributed by atoms with Crippen LogP contribution in [-0.2, 0) is 11.3 Å². The second-order valence-electron chi connectivity index (χ2n) is 8.73. The molecule has 0 unspecified atom stereocenters. The average Bonchev–Trinajstić information content (AvgIpc) is 3.69. The molecule has 35 heavy (non-hydrogen) atoms. The number of carbonyl (C=O) groups is 2. The van der Waals surface area contributed by atoms with Gasteiger partial charge in [-0.1, -0.05) is 24.3 Å². The smallest absolute Gasteiger partial charge is 0.257 e. The lowest BCUT2D eigenvalue weighted by Gasteiger charge is -2.23. The van der Waals surface area contributed by atoms with E-state index in [4.69, 9.17) is 9.47 Å². The van der Waals surface area contributed by atoms with Crippen LogP contribution in [-0.4, -0.2) is 43.5 Å². The van der Waals surface area contributed by atoms with Crippen molar-refractivity contribution in [3.8, 4) is 11.5 Å². The van der Waals surface area contributed by atoms with Crippen LogP contribution in [0.1, 0.15) is 34.3 Å². The van der Waals surface area contributed by atoms with Crippen molar-refractivity contribution < 1.29 is 19.1 Å². The van der Waals surface area contributed by atoms with Crippen LogP contribution in [0.5, 0.6) is 11.5 Å². The molecule has 7 heteroatoms. The van der Waals surface area contributed by atoms with Crippen LogP contribution < -0.4 is 20.1 Å². The topological polar surface area (TPSA) is 79.9 Å². The summed E-state index contributed by atoms with van der Waals surface area (Å²) >= 11 is 0. The van der Waals surface area contributed by atoms with Gasteiger partial charge in [-0.05, 0) is 67.8 Å². The Kier molecular flexibility index (Phi) is 7.67. The number of amides is 2. The number of ether oxygens (including phenoxy) is 2. The molecule has 3 aromatic rings. The number of hydrogen-bond acceptors (Lipinski definition) is 5. The van der Waals surface area contributed by atoms with Crippen LogP contribution in [0.3, 0.4) is 0 Å². The molecule has 2 amide bonds. The molecular weight excluding hydrogens is 442 g/mol. The molecule has 3 aromatic carbocycles. The van der Waals surface area contributed by atoms with E-state index in [9.17, 15) is 9.59 Å². The van der Waals surface area contributed by atoms with Gasteiger partial charge in [0.2, 0.25) is 5.91 Å². The van der Waals surface area contributed by atoms with Gasteiger partial charge in [0.25, 0.3) is 5.91 Å². The third-order valence-electron chi connectivity index (χ3n) is 5.99. The Morgan fingerprint density at radius 2 is 1.74 bits per heavy atom. The van der Waals surface area contributed by atoms with Crippen molar-refractivity contribution in [2.24, 2.45) is 0 Å². The van der Waals surface area contributed by atoms with Crippen LogP contribution in [0.15, 0.2) is 66.7 Å². The molecule has 1 aliphatic carbocycles. The molecule has 1 saturated carbocycles. The summed E-state index contributed by atoms with van der Waals surface area (Å²) in [5, 5.41) is 5.85. The van der Waals surface area contributed by atoms with Crippen molar-refractivity contribution >= 4 is 23.2 Å². The Morgan fingerprint density at radius 3 is 2.46 bits per heavy atom. The number of nitrogens with zero attached hydrogens (tertiary/aromatic N) is 1. The van der Waals surface area contributed by atoms with Gasteiger partial charge >= 0.3 is 0 Å². The zero-order chi connectivity index (χ0) is 24.8. The maximum atomic E-state index is 13.1. The first-order chi connectivity index (χ1) is 17.0. The monoisotopic (exact) mass is 473 g/mol. The van der Waals surface area contributed by atoms with E-state index < -0.39 is 0 Å². The minimum Gasteiger partial charge on any atom is -0.497 e. The largest absolute Gasteiger partial charge is 0.497 e. The minimum atomic E-state index is -0.272. The first-order valence-electron chi connectivity index (χ1n) is 11.7. The van der Waals surface area contributed by atoms with E-state index in [0.717, 1.165) is 35.5 Å². The fraction of sp³-hybridized carbons (Fsp3) is 0.286. The van der Waals surface area contributed by atoms with Crippen molar-refractivity contribution in [2.75, 3.05) is 31.4 Å². The van der Waals surface area contributed by atoms with Crippen molar-refractivity contribution in [3.05, 3.63) is 83.4 Å². The molecular formula is C28H31N3O4. The highest BCUT2D eigenvalue weighted by Gasteiger charge is 2.31. The second-order valence-corrected chi connectivity index (χ2v) is 8.73. The van der Waals surface area contributed by atoms with Crippen molar-refractivity contribution in [1.82, 2.24) is 4.90 Å². The third-order valence-corrected chi connectivity index (χ3v) is 5.99. The van der Waals surface area contributed by atoms with Gasteiger partial charge in [-0.2, -0.15) is 0 Å². The summed E-state index contributed by atoms with van der Waals surface area (Å²) < 4.78 is 10.9. The summed E-state index contributed by atoms with van der Waals surface area (Å²) in [5.41, 5.74) is 3.62. The number of aryl methyl sites for hydroxylation is 1. The lowest BCUT2D eigenvalue weighted by molar-refractivity contribution is -0.117. The van der Waals surface area contributed by atoms with E-state index in [2.05, 4.69) is 15.5 Å². The SMILES string of the molecule is COc1ccc(OC)c(CN(CC(=O)Nc2ccccc2C(=O)Nc2cccc(C)c2)C2CC2)c1. The normalized spacial score (nSPS) is 12.8. The molecule has 0 radical (unpaired) electrons. The quantitative estimate of drug-likeness (QED) is 0.439. The Labute approximate surface area is 206 Å². The number of nitrogens with one attached hydrogen (secondary N) is 2. The molecule has 2 N–H and O–H groups in total. The predicted octanol–water partition coefficient (Wildman–Crippen LogP) is 4.87. The third kappa shape index (κ3) is 6.39. The first kappa shape index (κ1) is 24.3. The van der Waals surface area contributed by atoms with Gasteiger partial charge in [-0.3, -0.25) is 14.5 Å². The van der Waals surface area contributed by atoms with Crippen LogP contribution in [0.2, 0.25) is 0 Å². The first-order valence-corrected chi connectivity index (χ1v) is 11.7. The highest BCUT2D eigenvalue weighted by molar-refractivity contribution is 6.10. The van der Waals surface area contributed by atoms with Crippen LogP contribution in [0, 0.1) is 6.92 Å². The van der Waals surface area contributed by atoms with Gasteiger partial charge in [-0.15, -0.1) is 0 Å².